The average molecular weight is 265 g/mol. The molecule has 1 N–H and O–H groups in total. The first kappa shape index (κ1) is 14.8. The molecule has 2 atom stereocenters. The third kappa shape index (κ3) is 3.92. The van der Waals surface area contributed by atoms with E-state index in [0.717, 1.165) is 32.7 Å². The smallest absolute Gasteiger partial charge is 0.122 e. The van der Waals surface area contributed by atoms with Crippen LogP contribution >= 0.6 is 0 Å². The molecule has 0 amide bonds. The van der Waals surface area contributed by atoms with Gasteiger partial charge < -0.3 is 9.64 Å². The molecule has 0 bridgehead atoms. The quantitative estimate of drug-likeness (QED) is 0.762. The van der Waals surface area contributed by atoms with Crippen molar-refractivity contribution in [2.45, 2.75) is 50.7 Å². The second-order valence-corrected chi connectivity index (χ2v) is 6.07. The van der Waals surface area contributed by atoms with E-state index in [0.29, 0.717) is 12.0 Å². The second kappa shape index (κ2) is 6.69. The van der Waals surface area contributed by atoms with Gasteiger partial charge in [-0.15, -0.1) is 0 Å². The molecule has 2 aliphatic rings. The molecule has 1 saturated heterocycles. The number of nitrogens with one attached hydrogen (secondary N) is 1. The van der Waals surface area contributed by atoms with Crippen molar-refractivity contribution >= 4 is 0 Å². The normalized spacial score (nSPS) is 26.9. The number of ether oxygens (including phenoxy) is 1. The molecule has 0 spiro atoms. The number of hydrogen-bond acceptors (Lipinski definition) is 4. The molecule has 19 heavy (non-hydrogen) atoms. The Hall–Kier alpha value is -0.630. The lowest BCUT2D eigenvalue weighted by Gasteiger charge is -2.34. The maximum absolute atomic E-state index is 9.60. The first-order valence-corrected chi connectivity index (χ1v) is 7.66. The summed E-state index contributed by atoms with van der Waals surface area (Å²) >= 11 is 0. The van der Waals surface area contributed by atoms with Crippen molar-refractivity contribution in [1.29, 1.82) is 5.26 Å². The van der Waals surface area contributed by atoms with Crippen LogP contribution in [0.25, 0.3) is 0 Å². The van der Waals surface area contributed by atoms with Crippen LogP contribution in [-0.4, -0.2) is 49.8 Å². The molecule has 2 unspecified atom stereocenters. The highest BCUT2D eigenvalue weighted by Crippen LogP contribution is 2.39. The summed E-state index contributed by atoms with van der Waals surface area (Å²) in [5, 5.41) is 13.0. The average Bonchev–Trinajstić information content (AvgIpc) is 3.24. The molecule has 0 aromatic heterocycles. The summed E-state index contributed by atoms with van der Waals surface area (Å²) in [4.78, 5) is 2.28. The van der Waals surface area contributed by atoms with Crippen molar-refractivity contribution < 1.29 is 4.74 Å². The largest absolute Gasteiger partial charge is 0.377 e. The Morgan fingerprint density at radius 3 is 2.68 bits per heavy atom. The maximum Gasteiger partial charge on any atom is 0.122 e. The fourth-order valence-corrected chi connectivity index (χ4v) is 3.18. The summed E-state index contributed by atoms with van der Waals surface area (Å²) in [6.45, 7) is 5.59. The number of nitrogens with zero attached hydrogens (tertiary/aromatic N) is 2. The van der Waals surface area contributed by atoms with E-state index >= 15 is 0 Å². The lowest BCUT2D eigenvalue weighted by Crippen LogP contribution is -2.54. The van der Waals surface area contributed by atoms with Gasteiger partial charge in [0.05, 0.1) is 12.2 Å². The van der Waals surface area contributed by atoms with Crippen LogP contribution in [0.1, 0.15) is 39.0 Å². The summed E-state index contributed by atoms with van der Waals surface area (Å²) in [6.07, 6.45) is 6.37. The summed E-state index contributed by atoms with van der Waals surface area (Å²) < 4.78 is 5.79. The minimum Gasteiger partial charge on any atom is -0.377 e. The second-order valence-electron chi connectivity index (χ2n) is 6.07. The molecule has 0 radical (unpaired) electrons. The maximum atomic E-state index is 9.60. The first-order chi connectivity index (χ1) is 9.20. The van der Waals surface area contributed by atoms with Crippen molar-refractivity contribution in [3.63, 3.8) is 0 Å². The van der Waals surface area contributed by atoms with E-state index in [4.69, 9.17) is 4.74 Å². The number of nitriles is 1. The molecule has 0 aromatic rings. The SMILES string of the molecule is CCNC(C#N)(CN(C)CC1CCCCO1)C1CC1. The molecule has 4 nitrogen and oxygen atoms in total. The predicted molar refractivity (Wildman–Crippen MR) is 75.8 cm³/mol. The van der Waals surface area contributed by atoms with Gasteiger partial charge in [0.2, 0.25) is 0 Å². The Morgan fingerprint density at radius 1 is 1.37 bits per heavy atom. The van der Waals surface area contributed by atoms with E-state index in [-0.39, 0.29) is 5.54 Å². The molecular formula is C15H27N3O. The molecular weight excluding hydrogens is 238 g/mol. The van der Waals surface area contributed by atoms with Crippen LogP contribution in [0.15, 0.2) is 0 Å². The lowest BCUT2D eigenvalue weighted by molar-refractivity contribution is -0.00446. The monoisotopic (exact) mass is 265 g/mol. The summed E-state index contributed by atoms with van der Waals surface area (Å²) in [5.41, 5.74) is -0.349. The fourth-order valence-electron chi connectivity index (χ4n) is 3.18. The Morgan fingerprint density at radius 2 is 2.16 bits per heavy atom. The van der Waals surface area contributed by atoms with Gasteiger partial charge in [0.1, 0.15) is 5.54 Å². The van der Waals surface area contributed by atoms with E-state index in [2.05, 4.69) is 30.3 Å². The van der Waals surface area contributed by atoms with Gasteiger partial charge in [0.25, 0.3) is 0 Å². The molecule has 2 fully saturated rings. The van der Waals surface area contributed by atoms with E-state index in [1.54, 1.807) is 0 Å². The standard InChI is InChI=1S/C15H27N3O/c1-3-17-15(11-16,13-7-8-13)12-18(2)10-14-6-4-5-9-19-14/h13-14,17H,3-10,12H2,1-2H3. The number of hydrogen-bond donors (Lipinski definition) is 1. The van der Waals surface area contributed by atoms with E-state index < -0.39 is 0 Å². The Balaban J connectivity index is 1.87. The van der Waals surface area contributed by atoms with Crippen LogP contribution in [-0.2, 0) is 4.74 Å². The predicted octanol–water partition coefficient (Wildman–Crippen LogP) is 1.77. The lowest BCUT2D eigenvalue weighted by atomic mass is 9.94. The molecule has 2 rings (SSSR count). The summed E-state index contributed by atoms with van der Waals surface area (Å²) in [5.74, 6) is 0.534. The van der Waals surface area contributed by atoms with Crippen LogP contribution in [0.2, 0.25) is 0 Å². The summed E-state index contributed by atoms with van der Waals surface area (Å²) in [6, 6.07) is 2.55. The molecule has 0 aromatic carbocycles. The van der Waals surface area contributed by atoms with Crippen LogP contribution in [0.5, 0.6) is 0 Å². The summed E-state index contributed by atoms with van der Waals surface area (Å²) in [7, 11) is 2.11. The molecule has 108 valence electrons. The molecule has 1 heterocycles. The van der Waals surface area contributed by atoms with Crippen molar-refractivity contribution in [3.05, 3.63) is 0 Å². The van der Waals surface area contributed by atoms with Crippen molar-refractivity contribution in [2.75, 3.05) is 33.3 Å². The van der Waals surface area contributed by atoms with Crippen molar-refractivity contribution in [3.8, 4) is 6.07 Å². The van der Waals surface area contributed by atoms with Crippen LogP contribution in [0.4, 0.5) is 0 Å². The third-order valence-corrected chi connectivity index (χ3v) is 4.27. The van der Waals surface area contributed by atoms with Gasteiger partial charge in [-0.25, -0.2) is 0 Å². The fraction of sp³-hybridized carbons (Fsp3) is 0.933. The zero-order chi connectivity index (χ0) is 13.7. The minimum absolute atomic E-state index is 0.349. The highest BCUT2D eigenvalue weighted by molar-refractivity contribution is 5.16. The van der Waals surface area contributed by atoms with Crippen molar-refractivity contribution in [1.82, 2.24) is 10.2 Å². The van der Waals surface area contributed by atoms with Crippen LogP contribution in [0, 0.1) is 17.2 Å². The zero-order valence-corrected chi connectivity index (χ0v) is 12.3. The first-order valence-electron chi connectivity index (χ1n) is 7.66. The molecule has 1 aliphatic heterocycles. The van der Waals surface area contributed by atoms with E-state index in [1.165, 1.54) is 25.7 Å². The minimum atomic E-state index is -0.349. The van der Waals surface area contributed by atoms with E-state index in [9.17, 15) is 5.26 Å². The highest BCUT2D eigenvalue weighted by Gasteiger charge is 2.45. The zero-order valence-electron chi connectivity index (χ0n) is 12.3. The number of likely N-dealkylation sites (N-methyl/N-ethyl adjacent to an activating group) is 2. The molecule has 4 heteroatoms. The van der Waals surface area contributed by atoms with Gasteiger partial charge in [-0.3, -0.25) is 5.32 Å². The Bertz CT molecular complexity index is 318. The van der Waals surface area contributed by atoms with Gasteiger partial charge in [-0.1, -0.05) is 6.92 Å². The van der Waals surface area contributed by atoms with Gasteiger partial charge in [-0.2, -0.15) is 5.26 Å². The van der Waals surface area contributed by atoms with Gasteiger partial charge >= 0.3 is 0 Å². The van der Waals surface area contributed by atoms with Gasteiger partial charge in [0.15, 0.2) is 0 Å². The topological polar surface area (TPSA) is 48.3 Å². The number of rotatable bonds is 7. The highest BCUT2D eigenvalue weighted by atomic mass is 16.5. The Kier molecular flexibility index (Phi) is 5.20. The third-order valence-electron chi connectivity index (χ3n) is 4.27. The van der Waals surface area contributed by atoms with Gasteiger partial charge in [-0.05, 0) is 51.6 Å². The van der Waals surface area contributed by atoms with E-state index in [1.807, 2.05) is 0 Å². The Labute approximate surface area is 117 Å². The van der Waals surface area contributed by atoms with Gasteiger partial charge in [0, 0.05) is 19.7 Å². The molecule has 1 aliphatic carbocycles. The van der Waals surface area contributed by atoms with Crippen LogP contribution in [0.3, 0.4) is 0 Å². The van der Waals surface area contributed by atoms with Crippen LogP contribution < -0.4 is 5.32 Å². The van der Waals surface area contributed by atoms with Crippen molar-refractivity contribution in [2.24, 2.45) is 5.92 Å². The molecule has 1 saturated carbocycles.